The van der Waals surface area contributed by atoms with Crippen LogP contribution in [0.3, 0.4) is 0 Å². The highest BCUT2D eigenvalue weighted by Crippen LogP contribution is 2.27. The summed E-state index contributed by atoms with van der Waals surface area (Å²) in [6, 6.07) is 11.1. The van der Waals surface area contributed by atoms with Gasteiger partial charge in [-0.25, -0.2) is 13.8 Å². The zero-order chi connectivity index (χ0) is 17.8. The first-order valence-electron chi connectivity index (χ1n) is 8.04. The summed E-state index contributed by atoms with van der Waals surface area (Å²) in [5.74, 6) is -0.494. The molecular weight excluding hydrogens is 324 g/mol. The number of nitrogens with two attached hydrogens (primary N) is 1. The lowest BCUT2D eigenvalue weighted by Crippen LogP contribution is -2.10. The maximum Gasteiger partial charge on any atom is 0.135 e. The number of imidazole rings is 1. The first-order chi connectivity index (χ1) is 12.1. The van der Waals surface area contributed by atoms with Gasteiger partial charge in [0.15, 0.2) is 0 Å². The Hall–Kier alpha value is -2.73. The first kappa shape index (κ1) is 17.1. The van der Waals surface area contributed by atoms with E-state index in [4.69, 9.17) is 10.5 Å². The normalized spacial score (nSPS) is 10.9. The molecule has 3 aromatic rings. The highest BCUT2D eigenvalue weighted by atomic mass is 19.1. The molecule has 0 unspecified atom stereocenters. The number of hydrogen-bond donors (Lipinski definition) is 1. The molecule has 1 aromatic heterocycles. The Labute approximate surface area is 144 Å². The maximum absolute atomic E-state index is 14.1. The minimum atomic E-state index is -0.658. The van der Waals surface area contributed by atoms with Gasteiger partial charge in [-0.1, -0.05) is 18.2 Å². The molecule has 0 saturated carbocycles. The maximum atomic E-state index is 14.1. The highest BCUT2D eigenvalue weighted by molar-refractivity contribution is 5.62. The summed E-state index contributed by atoms with van der Waals surface area (Å²) in [6.45, 7) is 3.17. The molecule has 1 heterocycles. The van der Waals surface area contributed by atoms with E-state index in [1.165, 1.54) is 12.1 Å². The lowest BCUT2D eigenvalue weighted by Gasteiger charge is -2.13. The Balaban J connectivity index is 1.98. The number of rotatable bonds is 6. The van der Waals surface area contributed by atoms with Crippen LogP contribution in [0, 0.1) is 11.6 Å². The van der Waals surface area contributed by atoms with Gasteiger partial charge in [-0.15, -0.1) is 0 Å². The van der Waals surface area contributed by atoms with Crippen molar-refractivity contribution in [1.29, 1.82) is 0 Å². The van der Waals surface area contributed by atoms with Gasteiger partial charge in [-0.2, -0.15) is 0 Å². The van der Waals surface area contributed by atoms with Gasteiger partial charge in [0, 0.05) is 23.7 Å². The van der Waals surface area contributed by atoms with Gasteiger partial charge >= 0.3 is 0 Å². The molecule has 0 atom stereocenters. The average molecular weight is 343 g/mol. The van der Waals surface area contributed by atoms with Crippen molar-refractivity contribution in [1.82, 2.24) is 9.55 Å². The fraction of sp³-hybridized carbons (Fsp3) is 0.211. The van der Waals surface area contributed by atoms with Crippen molar-refractivity contribution in [2.45, 2.75) is 20.0 Å². The van der Waals surface area contributed by atoms with E-state index in [9.17, 15) is 8.78 Å². The molecule has 4 nitrogen and oxygen atoms in total. The molecule has 0 spiro atoms. The summed E-state index contributed by atoms with van der Waals surface area (Å²) in [5.41, 5.74) is 8.19. The smallest absolute Gasteiger partial charge is 0.135 e. The second-order valence-electron chi connectivity index (χ2n) is 5.54. The molecule has 0 aliphatic heterocycles. The van der Waals surface area contributed by atoms with Gasteiger partial charge in [-0.3, -0.25) is 0 Å². The number of hydrogen-bond acceptors (Lipinski definition) is 3. The number of para-hydroxylation sites is 1. The third-order valence-corrected chi connectivity index (χ3v) is 3.94. The van der Waals surface area contributed by atoms with Gasteiger partial charge in [0.25, 0.3) is 0 Å². The quantitative estimate of drug-likeness (QED) is 0.742. The Morgan fingerprint density at radius 1 is 1.16 bits per heavy atom. The third-order valence-electron chi connectivity index (χ3n) is 3.94. The van der Waals surface area contributed by atoms with E-state index in [0.717, 1.165) is 17.4 Å². The van der Waals surface area contributed by atoms with Crippen LogP contribution in [0.5, 0.6) is 5.75 Å². The van der Waals surface area contributed by atoms with Crippen LogP contribution in [-0.4, -0.2) is 16.2 Å². The molecule has 0 aliphatic carbocycles. The minimum absolute atomic E-state index is 0.183. The molecule has 2 N–H and O–H groups in total. The largest absolute Gasteiger partial charge is 0.494 e. The van der Waals surface area contributed by atoms with Crippen molar-refractivity contribution >= 4 is 0 Å². The fourth-order valence-electron chi connectivity index (χ4n) is 2.78. The van der Waals surface area contributed by atoms with Crippen molar-refractivity contribution in [3.63, 3.8) is 0 Å². The molecule has 130 valence electrons. The topological polar surface area (TPSA) is 53.1 Å². The van der Waals surface area contributed by atoms with Crippen LogP contribution < -0.4 is 10.5 Å². The van der Waals surface area contributed by atoms with E-state index in [1.807, 2.05) is 35.8 Å². The van der Waals surface area contributed by atoms with Crippen LogP contribution in [0.1, 0.15) is 18.2 Å². The molecule has 0 saturated heterocycles. The van der Waals surface area contributed by atoms with Crippen LogP contribution in [0.4, 0.5) is 8.78 Å². The average Bonchev–Trinajstić information content (AvgIpc) is 2.99. The number of benzene rings is 2. The van der Waals surface area contributed by atoms with Crippen molar-refractivity contribution in [2.24, 2.45) is 5.73 Å². The van der Waals surface area contributed by atoms with Gasteiger partial charge in [0.05, 0.1) is 30.9 Å². The summed E-state index contributed by atoms with van der Waals surface area (Å²) in [7, 11) is 0. The highest BCUT2D eigenvalue weighted by Gasteiger charge is 2.16. The van der Waals surface area contributed by atoms with Crippen LogP contribution >= 0.6 is 0 Å². The number of halogens is 2. The second kappa shape index (κ2) is 7.44. The van der Waals surface area contributed by atoms with E-state index >= 15 is 0 Å². The summed E-state index contributed by atoms with van der Waals surface area (Å²) in [4.78, 5) is 4.30. The van der Waals surface area contributed by atoms with Gasteiger partial charge in [0.1, 0.15) is 17.4 Å². The number of ether oxygens (including phenoxy) is 1. The predicted molar refractivity (Wildman–Crippen MR) is 92.2 cm³/mol. The summed E-state index contributed by atoms with van der Waals surface area (Å²) >= 11 is 0. The Morgan fingerprint density at radius 3 is 2.68 bits per heavy atom. The Bertz CT molecular complexity index is 877. The van der Waals surface area contributed by atoms with E-state index in [-0.39, 0.29) is 12.1 Å². The van der Waals surface area contributed by atoms with E-state index < -0.39 is 11.6 Å². The van der Waals surface area contributed by atoms with Crippen LogP contribution in [0.15, 0.2) is 48.8 Å². The third kappa shape index (κ3) is 3.53. The first-order valence-corrected chi connectivity index (χ1v) is 8.04. The lowest BCUT2D eigenvalue weighted by atomic mass is 10.1. The van der Waals surface area contributed by atoms with E-state index in [2.05, 4.69) is 4.98 Å². The molecule has 0 fully saturated rings. The van der Waals surface area contributed by atoms with Crippen LogP contribution in [0.2, 0.25) is 0 Å². The zero-order valence-corrected chi connectivity index (χ0v) is 13.9. The van der Waals surface area contributed by atoms with Crippen molar-refractivity contribution in [3.8, 4) is 17.0 Å². The molecule has 6 heteroatoms. The monoisotopic (exact) mass is 343 g/mol. The molecule has 0 amide bonds. The molecule has 0 radical (unpaired) electrons. The molecular formula is C19H19F2N3O. The van der Waals surface area contributed by atoms with Gasteiger partial charge in [0.2, 0.25) is 0 Å². The molecule has 0 aliphatic rings. The summed E-state index contributed by atoms with van der Waals surface area (Å²) in [5, 5.41) is 0. The van der Waals surface area contributed by atoms with Crippen molar-refractivity contribution < 1.29 is 13.5 Å². The summed E-state index contributed by atoms with van der Waals surface area (Å²) in [6.07, 6.45) is 1.61. The standard InChI is InChI=1S/C19H19F2N3O/c1-2-25-18-6-4-3-5-13(18)11-24-12-23-19(17(24)10-22)15-8-7-14(20)9-16(15)21/h3-9,12H,2,10-11,22H2,1H3. The second-order valence-corrected chi connectivity index (χ2v) is 5.54. The summed E-state index contributed by atoms with van der Waals surface area (Å²) < 4.78 is 34.8. The SMILES string of the molecule is CCOc1ccccc1Cn1cnc(-c2ccc(F)cc2F)c1CN. The predicted octanol–water partition coefficient (Wildman–Crippen LogP) is 3.73. The number of aromatic nitrogens is 2. The molecule has 0 bridgehead atoms. The molecule has 2 aromatic carbocycles. The Morgan fingerprint density at radius 2 is 1.96 bits per heavy atom. The van der Waals surface area contributed by atoms with E-state index in [1.54, 1.807) is 6.33 Å². The van der Waals surface area contributed by atoms with E-state index in [0.29, 0.717) is 24.5 Å². The van der Waals surface area contributed by atoms with Crippen LogP contribution in [-0.2, 0) is 13.1 Å². The fourth-order valence-corrected chi connectivity index (χ4v) is 2.78. The lowest BCUT2D eigenvalue weighted by molar-refractivity contribution is 0.335. The molecule has 25 heavy (non-hydrogen) atoms. The van der Waals surface area contributed by atoms with Gasteiger partial charge in [-0.05, 0) is 25.1 Å². The zero-order valence-electron chi connectivity index (χ0n) is 13.9. The minimum Gasteiger partial charge on any atom is -0.494 e. The van der Waals surface area contributed by atoms with Gasteiger partial charge < -0.3 is 15.0 Å². The molecule has 3 rings (SSSR count). The Kier molecular flexibility index (Phi) is 5.09. The van der Waals surface area contributed by atoms with Crippen molar-refractivity contribution in [3.05, 3.63) is 71.7 Å². The number of nitrogens with zero attached hydrogens (tertiary/aromatic N) is 2. The van der Waals surface area contributed by atoms with Crippen LogP contribution in [0.25, 0.3) is 11.3 Å². The van der Waals surface area contributed by atoms with Crippen molar-refractivity contribution in [2.75, 3.05) is 6.61 Å².